The monoisotopic (exact) mass is 521 g/mol. The van der Waals surface area contributed by atoms with Crippen molar-refractivity contribution in [1.82, 2.24) is 20.9 Å². The van der Waals surface area contributed by atoms with E-state index in [9.17, 15) is 9.18 Å². The van der Waals surface area contributed by atoms with E-state index in [-0.39, 0.29) is 47.8 Å². The molecule has 0 radical (unpaired) electrons. The molecule has 1 aromatic carbocycles. The van der Waals surface area contributed by atoms with Gasteiger partial charge >= 0.3 is 0 Å². The Hall–Kier alpha value is -1.46. The van der Waals surface area contributed by atoms with Gasteiger partial charge in [-0.25, -0.2) is 4.39 Å². The Bertz CT molecular complexity index is 636. The van der Waals surface area contributed by atoms with Crippen LogP contribution in [0.3, 0.4) is 0 Å². The van der Waals surface area contributed by atoms with Gasteiger partial charge in [0, 0.05) is 45.7 Å². The SMILES string of the molecule is CN=C(NCCC(=O)NC(C)C)NCC(c1ccc(F)cc1)N1CCOCC1.I. The second kappa shape index (κ2) is 13.7. The Labute approximate surface area is 189 Å². The van der Waals surface area contributed by atoms with Crippen molar-refractivity contribution in [3.8, 4) is 0 Å². The lowest BCUT2D eigenvalue weighted by molar-refractivity contribution is -0.121. The van der Waals surface area contributed by atoms with Gasteiger partial charge in [0.2, 0.25) is 5.91 Å². The Balaban J connectivity index is 0.00000420. The maximum atomic E-state index is 13.3. The molecule has 7 nitrogen and oxygen atoms in total. The minimum Gasteiger partial charge on any atom is -0.379 e. The maximum Gasteiger partial charge on any atom is 0.221 e. The summed E-state index contributed by atoms with van der Waals surface area (Å²) in [6, 6.07) is 6.83. The van der Waals surface area contributed by atoms with Crippen LogP contribution in [0.25, 0.3) is 0 Å². The number of hydrogen-bond donors (Lipinski definition) is 3. The summed E-state index contributed by atoms with van der Waals surface area (Å²) in [6.07, 6.45) is 0.379. The Kier molecular flexibility index (Phi) is 12.1. The molecule has 164 valence electrons. The van der Waals surface area contributed by atoms with Crippen molar-refractivity contribution in [2.75, 3.05) is 46.4 Å². The third-order valence-electron chi connectivity index (χ3n) is 4.52. The quantitative estimate of drug-likeness (QED) is 0.277. The second-order valence-corrected chi connectivity index (χ2v) is 7.07. The zero-order valence-corrected chi connectivity index (χ0v) is 19.7. The third-order valence-corrected chi connectivity index (χ3v) is 4.52. The van der Waals surface area contributed by atoms with E-state index in [0.717, 1.165) is 18.7 Å². The van der Waals surface area contributed by atoms with Crippen molar-refractivity contribution in [2.24, 2.45) is 4.99 Å². The molecule has 2 rings (SSSR count). The molecule has 0 aromatic heterocycles. The highest BCUT2D eigenvalue weighted by Gasteiger charge is 2.23. The predicted octanol–water partition coefficient (Wildman–Crippen LogP) is 1.90. The van der Waals surface area contributed by atoms with Gasteiger partial charge in [-0.05, 0) is 31.5 Å². The number of guanidine groups is 1. The first kappa shape index (κ1) is 25.6. The Morgan fingerprint density at radius 1 is 1.21 bits per heavy atom. The van der Waals surface area contributed by atoms with E-state index in [0.29, 0.717) is 38.7 Å². The van der Waals surface area contributed by atoms with Crippen molar-refractivity contribution in [1.29, 1.82) is 0 Å². The van der Waals surface area contributed by atoms with Crippen LogP contribution in [0.15, 0.2) is 29.3 Å². The van der Waals surface area contributed by atoms with E-state index >= 15 is 0 Å². The first-order valence-corrected chi connectivity index (χ1v) is 9.80. The van der Waals surface area contributed by atoms with Crippen LogP contribution in [0.5, 0.6) is 0 Å². The van der Waals surface area contributed by atoms with Crippen LogP contribution in [0.2, 0.25) is 0 Å². The molecule has 1 fully saturated rings. The number of morpholine rings is 1. The number of ether oxygens (including phenoxy) is 1. The van der Waals surface area contributed by atoms with Crippen LogP contribution in [0.4, 0.5) is 4.39 Å². The normalized spacial score (nSPS) is 16.1. The van der Waals surface area contributed by atoms with Crippen LogP contribution >= 0.6 is 24.0 Å². The largest absolute Gasteiger partial charge is 0.379 e. The van der Waals surface area contributed by atoms with Crippen LogP contribution in [-0.4, -0.2) is 69.2 Å². The van der Waals surface area contributed by atoms with Crippen LogP contribution in [0.1, 0.15) is 31.9 Å². The topological polar surface area (TPSA) is 78.0 Å². The molecule has 1 saturated heterocycles. The van der Waals surface area contributed by atoms with E-state index in [4.69, 9.17) is 4.74 Å². The van der Waals surface area contributed by atoms with Crippen molar-refractivity contribution in [3.05, 3.63) is 35.6 Å². The number of carbonyl (C=O) groups is 1. The van der Waals surface area contributed by atoms with Gasteiger partial charge in [-0.1, -0.05) is 12.1 Å². The summed E-state index contributed by atoms with van der Waals surface area (Å²) in [4.78, 5) is 18.3. The zero-order valence-electron chi connectivity index (χ0n) is 17.4. The number of carbonyl (C=O) groups excluding carboxylic acids is 1. The first-order valence-electron chi connectivity index (χ1n) is 9.80. The average Bonchev–Trinajstić information content (AvgIpc) is 2.68. The number of amides is 1. The highest BCUT2D eigenvalue weighted by atomic mass is 127. The minimum absolute atomic E-state index is 0. The van der Waals surface area contributed by atoms with Gasteiger partial charge in [0.15, 0.2) is 5.96 Å². The van der Waals surface area contributed by atoms with Gasteiger partial charge in [-0.15, -0.1) is 24.0 Å². The molecule has 0 aliphatic carbocycles. The lowest BCUT2D eigenvalue weighted by Gasteiger charge is -2.35. The summed E-state index contributed by atoms with van der Waals surface area (Å²) in [5.41, 5.74) is 1.04. The number of nitrogens with zero attached hydrogens (tertiary/aromatic N) is 2. The summed E-state index contributed by atoms with van der Waals surface area (Å²) in [6.45, 7) is 8.02. The standard InChI is InChI=1S/C20H32FN5O2.HI/c1-15(2)25-19(27)8-9-23-20(22-3)24-14-18(26-10-12-28-13-11-26)16-4-6-17(21)7-5-16;/h4-7,15,18H,8-14H2,1-3H3,(H,25,27)(H2,22,23,24);1H. The molecule has 3 N–H and O–H groups in total. The highest BCUT2D eigenvalue weighted by molar-refractivity contribution is 14.0. The molecule has 1 heterocycles. The Morgan fingerprint density at radius 2 is 1.86 bits per heavy atom. The highest BCUT2D eigenvalue weighted by Crippen LogP contribution is 2.21. The van der Waals surface area contributed by atoms with Crippen molar-refractivity contribution >= 4 is 35.8 Å². The van der Waals surface area contributed by atoms with Crippen LogP contribution < -0.4 is 16.0 Å². The van der Waals surface area contributed by atoms with Gasteiger partial charge in [-0.2, -0.15) is 0 Å². The van der Waals surface area contributed by atoms with Gasteiger partial charge in [0.25, 0.3) is 0 Å². The molecule has 1 aromatic rings. The molecule has 29 heavy (non-hydrogen) atoms. The summed E-state index contributed by atoms with van der Waals surface area (Å²) in [7, 11) is 1.70. The molecule has 1 aliphatic heterocycles. The van der Waals surface area contributed by atoms with Crippen molar-refractivity contribution < 1.29 is 13.9 Å². The van der Waals surface area contributed by atoms with E-state index < -0.39 is 0 Å². The van der Waals surface area contributed by atoms with Gasteiger partial charge in [0.05, 0.1) is 19.3 Å². The van der Waals surface area contributed by atoms with E-state index in [2.05, 4.69) is 25.8 Å². The van der Waals surface area contributed by atoms with Gasteiger partial charge < -0.3 is 20.7 Å². The molecule has 1 atom stereocenters. The minimum atomic E-state index is -0.241. The molecule has 0 bridgehead atoms. The fourth-order valence-corrected chi connectivity index (χ4v) is 3.13. The van der Waals surface area contributed by atoms with E-state index in [1.165, 1.54) is 12.1 Å². The summed E-state index contributed by atoms with van der Waals surface area (Å²) >= 11 is 0. The number of aliphatic imine (C=N–C) groups is 1. The maximum absolute atomic E-state index is 13.3. The fourth-order valence-electron chi connectivity index (χ4n) is 3.13. The molecule has 9 heteroatoms. The zero-order chi connectivity index (χ0) is 20.4. The number of halogens is 2. The molecule has 0 spiro atoms. The lowest BCUT2D eigenvalue weighted by Crippen LogP contribution is -2.46. The smallest absolute Gasteiger partial charge is 0.221 e. The van der Waals surface area contributed by atoms with E-state index in [1.54, 1.807) is 7.05 Å². The molecule has 0 saturated carbocycles. The number of benzene rings is 1. The van der Waals surface area contributed by atoms with Crippen LogP contribution in [-0.2, 0) is 9.53 Å². The number of nitrogens with one attached hydrogen (secondary N) is 3. The molecule has 1 unspecified atom stereocenters. The summed E-state index contributed by atoms with van der Waals surface area (Å²) in [5.74, 6) is 0.405. The summed E-state index contributed by atoms with van der Waals surface area (Å²) in [5, 5.41) is 9.36. The molecule has 1 aliphatic rings. The van der Waals surface area contributed by atoms with Gasteiger partial charge in [-0.3, -0.25) is 14.7 Å². The van der Waals surface area contributed by atoms with Crippen molar-refractivity contribution in [3.63, 3.8) is 0 Å². The lowest BCUT2D eigenvalue weighted by atomic mass is 10.0. The second-order valence-electron chi connectivity index (χ2n) is 7.07. The molecular formula is C20H33FIN5O2. The number of hydrogen-bond acceptors (Lipinski definition) is 4. The molecular weight excluding hydrogens is 488 g/mol. The Morgan fingerprint density at radius 3 is 2.45 bits per heavy atom. The third kappa shape index (κ3) is 9.26. The van der Waals surface area contributed by atoms with E-state index in [1.807, 2.05) is 26.0 Å². The molecule has 1 amide bonds. The van der Waals surface area contributed by atoms with Gasteiger partial charge in [0.1, 0.15) is 5.82 Å². The van der Waals surface area contributed by atoms with Crippen molar-refractivity contribution in [2.45, 2.75) is 32.4 Å². The predicted molar refractivity (Wildman–Crippen MR) is 124 cm³/mol. The average molecular weight is 521 g/mol. The first-order chi connectivity index (χ1) is 13.5. The number of rotatable bonds is 8. The van der Waals surface area contributed by atoms with Crippen LogP contribution in [0, 0.1) is 5.82 Å². The fraction of sp³-hybridized carbons (Fsp3) is 0.600. The summed E-state index contributed by atoms with van der Waals surface area (Å²) < 4.78 is 18.8.